The molecule has 0 spiro atoms. The number of hydrogen-bond donors (Lipinski definition) is 0. The smallest absolute Gasteiger partial charge is 0.445 e. The highest BCUT2D eigenvalue weighted by Gasteiger charge is 2.69. The van der Waals surface area contributed by atoms with E-state index in [1.165, 1.54) is 24.0 Å². The topological polar surface area (TPSA) is 38.8 Å². The molecule has 0 aromatic heterocycles. The summed E-state index contributed by atoms with van der Waals surface area (Å²) < 4.78 is 52.2. The summed E-state index contributed by atoms with van der Waals surface area (Å²) in [6, 6.07) is 6.31. The van der Waals surface area contributed by atoms with Gasteiger partial charge in [-0.3, -0.25) is 0 Å². The van der Waals surface area contributed by atoms with Gasteiger partial charge in [-0.1, -0.05) is 18.2 Å². The minimum Gasteiger partial charge on any atom is -0.462 e. The number of benzene rings is 1. The molecule has 0 saturated heterocycles. The van der Waals surface area contributed by atoms with Crippen LogP contribution in [-0.2, 0) is 9.53 Å². The van der Waals surface area contributed by atoms with Gasteiger partial charge in [-0.2, -0.15) is 13.2 Å². The number of fused-ring (bicyclic) bond motifs is 1. The molecule has 2 rings (SSSR count). The fourth-order valence-electron chi connectivity index (χ4n) is 2.73. The Morgan fingerprint density at radius 2 is 1.83 bits per heavy atom. The van der Waals surface area contributed by atoms with E-state index in [1.807, 2.05) is 0 Å². The second-order valence-electron chi connectivity index (χ2n) is 5.24. The fourth-order valence-corrected chi connectivity index (χ4v) is 2.73. The van der Waals surface area contributed by atoms with Crippen molar-refractivity contribution < 1.29 is 27.4 Å². The van der Waals surface area contributed by atoms with Gasteiger partial charge in [0, 0.05) is 18.7 Å². The highest BCUT2D eigenvalue weighted by molar-refractivity contribution is 5.89. The van der Waals surface area contributed by atoms with Gasteiger partial charge in [0.15, 0.2) is 0 Å². The second-order valence-corrected chi connectivity index (χ2v) is 5.24. The zero-order valence-electron chi connectivity index (χ0n) is 13.8. The second kappa shape index (κ2) is 6.75. The molecule has 1 aromatic carbocycles. The largest absolute Gasteiger partial charge is 0.462 e. The number of likely N-dealkylation sites (N-methyl/N-ethyl adjacent to an activating group) is 1. The number of rotatable bonds is 5. The molecule has 0 N–H and O–H groups in total. The lowest BCUT2D eigenvalue weighted by Crippen LogP contribution is -2.62. The van der Waals surface area contributed by atoms with Crippen LogP contribution < -0.4 is 4.74 Å². The van der Waals surface area contributed by atoms with Crippen LogP contribution in [-0.4, -0.2) is 42.3 Å². The maximum Gasteiger partial charge on any atom is 0.445 e. The maximum atomic E-state index is 14.1. The first-order chi connectivity index (χ1) is 11.3. The summed E-state index contributed by atoms with van der Waals surface area (Å²) in [7, 11) is 0. The molecular weight excluding hydrogens is 323 g/mol. The van der Waals surface area contributed by atoms with Crippen LogP contribution >= 0.6 is 0 Å². The van der Waals surface area contributed by atoms with E-state index in [2.05, 4.69) is 0 Å². The highest BCUT2D eigenvalue weighted by atomic mass is 19.4. The normalized spacial score (nSPS) is 19.8. The van der Waals surface area contributed by atoms with E-state index in [1.54, 1.807) is 32.0 Å². The van der Waals surface area contributed by atoms with E-state index in [4.69, 9.17) is 9.47 Å². The summed E-state index contributed by atoms with van der Waals surface area (Å²) in [6.07, 6.45) is -3.61. The quantitative estimate of drug-likeness (QED) is 0.766. The Morgan fingerprint density at radius 1 is 1.21 bits per heavy atom. The van der Waals surface area contributed by atoms with Crippen LogP contribution in [0.4, 0.5) is 13.2 Å². The molecule has 1 aliphatic heterocycles. The highest BCUT2D eigenvalue weighted by Crippen LogP contribution is 2.47. The predicted molar refractivity (Wildman–Crippen MR) is 83.4 cm³/mol. The van der Waals surface area contributed by atoms with E-state index in [0.29, 0.717) is 18.7 Å². The lowest BCUT2D eigenvalue weighted by molar-refractivity contribution is -0.246. The Bertz CT molecular complexity index is 638. The van der Waals surface area contributed by atoms with E-state index in [-0.39, 0.29) is 18.1 Å². The van der Waals surface area contributed by atoms with Gasteiger partial charge in [0.05, 0.1) is 12.3 Å². The summed E-state index contributed by atoms with van der Waals surface area (Å²) in [4.78, 5) is 13.8. The Labute approximate surface area is 138 Å². The van der Waals surface area contributed by atoms with Crippen LogP contribution in [0.3, 0.4) is 0 Å². The van der Waals surface area contributed by atoms with Gasteiger partial charge < -0.3 is 14.4 Å². The Hall–Kier alpha value is -2.18. The predicted octanol–water partition coefficient (Wildman–Crippen LogP) is 3.63. The lowest BCUT2D eigenvalue weighted by atomic mass is 9.91. The first-order valence-electron chi connectivity index (χ1n) is 7.80. The van der Waals surface area contributed by atoms with Crippen molar-refractivity contribution in [2.45, 2.75) is 32.5 Å². The van der Waals surface area contributed by atoms with Crippen LogP contribution in [0.2, 0.25) is 0 Å². The molecule has 0 aliphatic carbocycles. The van der Waals surface area contributed by atoms with Crippen LogP contribution in [0, 0.1) is 0 Å². The van der Waals surface area contributed by atoms with Gasteiger partial charge in [0.25, 0.3) is 0 Å². The number of alkyl halides is 3. The summed E-state index contributed by atoms with van der Waals surface area (Å²) in [5.74, 6) is -1.45. The number of hydrogen-bond acceptors (Lipinski definition) is 4. The molecule has 0 bridgehead atoms. The molecule has 1 aromatic rings. The molecule has 0 saturated carbocycles. The zero-order valence-corrected chi connectivity index (χ0v) is 13.8. The summed E-state index contributed by atoms with van der Waals surface area (Å²) in [5, 5.41) is 0. The van der Waals surface area contributed by atoms with Crippen LogP contribution in [0.25, 0.3) is 6.08 Å². The maximum absolute atomic E-state index is 14.1. The number of ether oxygens (including phenoxy) is 2. The molecule has 1 atom stereocenters. The van der Waals surface area contributed by atoms with E-state index in [9.17, 15) is 18.0 Å². The number of nitrogens with zero attached hydrogens (tertiary/aromatic N) is 1. The Morgan fingerprint density at radius 3 is 2.38 bits per heavy atom. The monoisotopic (exact) mass is 343 g/mol. The zero-order chi connectivity index (χ0) is 18.0. The van der Waals surface area contributed by atoms with Gasteiger partial charge in [-0.15, -0.1) is 0 Å². The minimum atomic E-state index is -4.97. The summed E-state index contributed by atoms with van der Waals surface area (Å²) in [6.45, 7) is 5.32. The fraction of sp³-hybridized carbons (Fsp3) is 0.471. The van der Waals surface area contributed by atoms with Crippen molar-refractivity contribution in [2.24, 2.45) is 0 Å². The first-order valence-corrected chi connectivity index (χ1v) is 7.80. The SMILES string of the molecule is CCOC(=O)C1(C(F)(F)F)Oc2ccccc2C=C1N(CC)CC. The molecule has 1 aliphatic rings. The summed E-state index contributed by atoms with van der Waals surface area (Å²) in [5.41, 5.74) is -2.93. The molecule has 7 heteroatoms. The molecule has 0 fully saturated rings. The minimum absolute atomic E-state index is 0.00113. The van der Waals surface area contributed by atoms with E-state index in [0.717, 1.165) is 0 Å². The lowest BCUT2D eigenvalue weighted by Gasteiger charge is -2.42. The van der Waals surface area contributed by atoms with Gasteiger partial charge in [-0.05, 0) is 32.9 Å². The standard InChI is InChI=1S/C17H20F3NO3/c1-4-21(5-2)14-11-12-9-7-8-10-13(12)24-16(14,17(18,19)20)15(22)23-6-3/h7-11H,4-6H2,1-3H3. The van der Waals surface area contributed by atoms with Crippen LogP contribution in [0.1, 0.15) is 26.3 Å². The third kappa shape index (κ3) is 2.83. The number of carbonyl (C=O) groups is 1. The van der Waals surface area contributed by atoms with Crippen molar-refractivity contribution >= 4 is 12.0 Å². The van der Waals surface area contributed by atoms with E-state index < -0.39 is 17.7 Å². The molecule has 0 radical (unpaired) electrons. The van der Waals surface area contributed by atoms with Crippen molar-refractivity contribution in [3.63, 3.8) is 0 Å². The molecular formula is C17H20F3NO3. The van der Waals surface area contributed by atoms with Crippen molar-refractivity contribution in [2.75, 3.05) is 19.7 Å². The summed E-state index contributed by atoms with van der Waals surface area (Å²) >= 11 is 0. The number of halogens is 3. The molecule has 132 valence electrons. The van der Waals surface area contributed by atoms with Crippen molar-refractivity contribution in [1.82, 2.24) is 4.90 Å². The van der Waals surface area contributed by atoms with Gasteiger partial charge in [0.1, 0.15) is 5.75 Å². The van der Waals surface area contributed by atoms with Gasteiger partial charge >= 0.3 is 17.7 Å². The third-order valence-electron chi connectivity index (χ3n) is 3.90. The molecule has 1 heterocycles. The first kappa shape index (κ1) is 18.2. The third-order valence-corrected chi connectivity index (χ3v) is 3.90. The van der Waals surface area contributed by atoms with Crippen LogP contribution in [0.15, 0.2) is 30.0 Å². The molecule has 4 nitrogen and oxygen atoms in total. The number of carbonyl (C=O) groups excluding carboxylic acids is 1. The average molecular weight is 343 g/mol. The van der Waals surface area contributed by atoms with Gasteiger partial charge in [-0.25, -0.2) is 4.79 Å². The van der Waals surface area contributed by atoms with Crippen LogP contribution in [0.5, 0.6) is 5.75 Å². The molecule has 24 heavy (non-hydrogen) atoms. The van der Waals surface area contributed by atoms with Crippen molar-refractivity contribution in [1.29, 1.82) is 0 Å². The van der Waals surface area contributed by atoms with E-state index >= 15 is 0 Å². The van der Waals surface area contributed by atoms with Gasteiger partial charge in [0.2, 0.25) is 0 Å². The molecule has 1 unspecified atom stereocenters. The Kier molecular flexibility index (Phi) is 5.11. The van der Waals surface area contributed by atoms with Crippen molar-refractivity contribution in [3.05, 3.63) is 35.5 Å². The Balaban J connectivity index is 2.73. The number of para-hydroxylation sites is 1. The molecule has 0 amide bonds. The average Bonchev–Trinajstić information content (AvgIpc) is 2.54. The number of esters is 1. The van der Waals surface area contributed by atoms with Crippen molar-refractivity contribution in [3.8, 4) is 5.75 Å².